The van der Waals surface area contributed by atoms with E-state index >= 15 is 0 Å². The smallest absolute Gasteiger partial charge is 0.130 e. The number of hydrogen-bond acceptors (Lipinski definition) is 0. The van der Waals surface area contributed by atoms with Crippen molar-refractivity contribution in [2.24, 2.45) is 0 Å². The zero-order valence-corrected chi connectivity index (χ0v) is 8.45. The summed E-state index contributed by atoms with van der Waals surface area (Å²) in [5.41, 5.74) is 0.151. The monoisotopic (exact) mass is 234 g/mol. The number of halogens is 3. The quantitative estimate of drug-likeness (QED) is 0.693. The van der Waals surface area contributed by atoms with Crippen molar-refractivity contribution in [2.45, 2.75) is 19.8 Å². The van der Waals surface area contributed by atoms with Crippen LogP contribution in [0.1, 0.15) is 25.3 Å². The molecule has 0 saturated heterocycles. The van der Waals surface area contributed by atoms with Crippen molar-refractivity contribution in [2.75, 3.05) is 0 Å². The standard InChI is InChI=1S/C9H9BrF2/c1-5(2)9-7(11)3-6(10)4-8(9)12/h3-5H,1-2H3. The van der Waals surface area contributed by atoms with Gasteiger partial charge in [0.2, 0.25) is 0 Å². The maximum absolute atomic E-state index is 13.1. The molecule has 0 aliphatic carbocycles. The molecule has 0 bridgehead atoms. The van der Waals surface area contributed by atoms with Gasteiger partial charge in [-0.3, -0.25) is 0 Å². The highest BCUT2D eigenvalue weighted by molar-refractivity contribution is 9.10. The minimum Gasteiger partial charge on any atom is -0.207 e. The van der Waals surface area contributed by atoms with E-state index in [1.807, 2.05) is 0 Å². The zero-order chi connectivity index (χ0) is 9.30. The molecule has 0 nitrogen and oxygen atoms in total. The average molecular weight is 235 g/mol. The molecule has 0 atom stereocenters. The second-order valence-electron chi connectivity index (χ2n) is 2.94. The molecule has 0 aliphatic heterocycles. The minimum absolute atomic E-state index is 0.127. The van der Waals surface area contributed by atoms with Gasteiger partial charge in [0, 0.05) is 10.0 Å². The van der Waals surface area contributed by atoms with Crippen LogP contribution in [0.25, 0.3) is 0 Å². The van der Waals surface area contributed by atoms with Gasteiger partial charge in [0.1, 0.15) is 11.6 Å². The maximum Gasteiger partial charge on any atom is 0.130 e. The highest BCUT2D eigenvalue weighted by Crippen LogP contribution is 2.25. The predicted octanol–water partition coefficient (Wildman–Crippen LogP) is 3.85. The van der Waals surface area contributed by atoms with Gasteiger partial charge in [-0.2, -0.15) is 0 Å². The van der Waals surface area contributed by atoms with Gasteiger partial charge in [-0.15, -0.1) is 0 Å². The molecule has 0 radical (unpaired) electrons. The second kappa shape index (κ2) is 3.52. The van der Waals surface area contributed by atoms with Crippen LogP contribution in [0.5, 0.6) is 0 Å². The summed E-state index contributed by atoms with van der Waals surface area (Å²) in [5.74, 6) is -1.10. The third-order valence-corrected chi connectivity index (χ3v) is 2.08. The van der Waals surface area contributed by atoms with Gasteiger partial charge >= 0.3 is 0 Å². The van der Waals surface area contributed by atoms with E-state index in [0.717, 1.165) is 0 Å². The van der Waals surface area contributed by atoms with E-state index in [4.69, 9.17) is 0 Å². The van der Waals surface area contributed by atoms with Gasteiger partial charge in [0.25, 0.3) is 0 Å². The van der Waals surface area contributed by atoms with Gasteiger partial charge in [-0.25, -0.2) is 8.78 Å². The van der Waals surface area contributed by atoms with Crippen molar-refractivity contribution in [3.05, 3.63) is 33.8 Å². The predicted molar refractivity (Wildman–Crippen MR) is 48.1 cm³/mol. The Morgan fingerprint density at radius 1 is 1.17 bits per heavy atom. The van der Waals surface area contributed by atoms with Crippen LogP contribution < -0.4 is 0 Å². The van der Waals surface area contributed by atoms with Gasteiger partial charge < -0.3 is 0 Å². The fourth-order valence-corrected chi connectivity index (χ4v) is 1.51. The van der Waals surface area contributed by atoms with Crippen LogP contribution >= 0.6 is 15.9 Å². The van der Waals surface area contributed by atoms with Gasteiger partial charge in [0.15, 0.2) is 0 Å². The molecule has 0 amide bonds. The summed E-state index contributed by atoms with van der Waals surface area (Å²) in [6, 6.07) is 2.55. The molecule has 1 aromatic carbocycles. The summed E-state index contributed by atoms with van der Waals surface area (Å²) in [7, 11) is 0. The van der Waals surface area contributed by atoms with Crippen LogP contribution in [0.3, 0.4) is 0 Å². The molecule has 0 saturated carbocycles. The number of rotatable bonds is 1. The Hall–Kier alpha value is -0.440. The largest absolute Gasteiger partial charge is 0.207 e. The average Bonchev–Trinajstić information content (AvgIpc) is 1.82. The molecule has 1 aromatic rings. The van der Waals surface area contributed by atoms with E-state index in [9.17, 15) is 8.78 Å². The molecule has 0 unspecified atom stereocenters. The van der Waals surface area contributed by atoms with Crippen LogP contribution in [-0.2, 0) is 0 Å². The topological polar surface area (TPSA) is 0 Å². The highest BCUT2D eigenvalue weighted by atomic mass is 79.9. The number of hydrogen-bond donors (Lipinski definition) is 0. The first-order valence-corrected chi connectivity index (χ1v) is 4.46. The molecule has 1 rings (SSSR count). The lowest BCUT2D eigenvalue weighted by atomic mass is 10.0. The van der Waals surface area contributed by atoms with E-state index in [1.54, 1.807) is 13.8 Å². The van der Waals surface area contributed by atoms with Crippen LogP contribution in [0.2, 0.25) is 0 Å². The van der Waals surface area contributed by atoms with Gasteiger partial charge in [-0.1, -0.05) is 29.8 Å². The Morgan fingerprint density at radius 2 is 1.58 bits per heavy atom. The summed E-state index contributed by atoms with van der Waals surface area (Å²) in [6.45, 7) is 3.52. The Labute approximate surface area is 78.7 Å². The number of benzene rings is 1. The third kappa shape index (κ3) is 1.83. The molecule has 12 heavy (non-hydrogen) atoms. The first-order valence-electron chi connectivity index (χ1n) is 3.67. The Bertz CT molecular complexity index is 272. The van der Waals surface area contributed by atoms with Gasteiger partial charge in [0.05, 0.1) is 0 Å². The molecule has 0 aromatic heterocycles. The first-order chi connectivity index (χ1) is 5.52. The minimum atomic E-state index is -0.489. The van der Waals surface area contributed by atoms with Crippen molar-refractivity contribution in [3.63, 3.8) is 0 Å². The van der Waals surface area contributed by atoms with Crippen molar-refractivity contribution in [3.8, 4) is 0 Å². The summed E-state index contributed by atoms with van der Waals surface area (Å²) in [4.78, 5) is 0. The summed E-state index contributed by atoms with van der Waals surface area (Å²) < 4.78 is 26.6. The fourth-order valence-electron chi connectivity index (χ4n) is 1.10. The van der Waals surface area contributed by atoms with Crippen LogP contribution in [-0.4, -0.2) is 0 Å². The normalized spacial score (nSPS) is 10.8. The second-order valence-corrected chi connectivity index (χ2v) is 3.85. The lowest BCUT2D eigenvalue weighted by molar-refractivity contribution is 0.540. The highest BCUT2D eigenvalue weighted by Gasteiger charge is 2.13. The lowest BCUT2D eigenvalue weighted by Crippen LogP contribution is -1.97. The lowest BCUT2D eigenvalue weighted by Gasteiger charge is -2.08. The van der Waals surface area contributed by atoms with Crippen molar-refractivity contribution in [1.29, 1.82) is 0 Å². The van der Waals surface area contributed by atoms with Crippen molar-refractivity contribution < 1.29 is 8.78 Å². The maximum atomic E-state index is 13.1. The Kier molecular flexibility index (Phi) is 2.83. The summed E-state index contributed by atoms with van der Waals surface area (Å²) in [6.07, 6.45) is 0. The third-order valence-electron chi connectivity index (χ3n) is 1.62. The van der Waals surface area contributed by atoms with E-state index < -0.39 is 11.6 Å². The molecular weight excluding hydrogens is 226 g/mol. The van der Waals surface area contributed by atoms with E-state index in [0.29, 0.717) is 4.47 Å². The molecule has 0 heterocycles. The Balaban J connectivity index is 3.28. The fraction of sp³-hybridized carbons (Fsp3) is 0.333. The molecule has 0 spiro atoms. The first kappa shape index (κ1) is 9.65. The van der Waals surface area contributed by atoms with E-state index in [2.05, 4.69) is 15.9 Å². The van der Waals surface area contributed by atoms with Crippen molar-refractivity contribution >= 4 is 15.9 Å². The zero-order valence-electron chi connectivity index (χ0n) is 6.87. The summed E-state index contributed by atoms with van der Waals surface area (Å²) in [5, 5.41) is 0. The van der Waals surface area contributed by atoms with Crippen LogP contribution in [0.15, 0.2) is 16.6 Å². The van der Waals surface area contributed by atoms with E-state index in [1.165, 1.54) is 12.1 Å². The SMILES string of the molecule is CC(C)c1c(F)cc(Br)cc1F. The summed E-state index contributed by atoms with van der Waals surface area (Å²) >= 11 is 3.02. The molecule has 66 valence electrons. The van der Waals surface area contributed by atoms with Crippen molar-refractivity contribution in [1.82, 2.24) is 0 Å². The van der Waals surface area contributed by atoms with Crippen LogP contribution in [0.4, 0.5) is 8.78 Å². The van der Waals surface area contributed by atoms with Crippen LogP contribution in [0, 0.1) is 11.6 Å². The van der Waals surface area contributed by atoms with E-state index in [-0.39, 0.29) is 11.5 Å². The molecule has 0 fully saturated rings. The van der Waals surface area contributed by atoms with Gasteiger partial charge in [-0.05, 0) is 18.1 Å². The molecule has 0 N–H and O–H groups in total. The molecular formula is C9H9BrF2. The molecule has 0 aliphatic rings. The Morgan fingerprint density at radius 3 is 1.92 bits per heavy atom. The molecule has 3 heteroatoms.